The molecule has 1 fully saturated rings. The van der Waals surface area contributed by atoms with Gasteiger partial charge in [-0.3, -0.25) is 9.69 Å². The number of nitrogens with zero attached hydrogens (tertiary/aromatic N) is 1. The normalized spacial score (nSPS) is 20.0. The molecule has 2 N–H and O–H groups in total. The smallest absolute Gasteiger partial charge is 0.234 e. The molecule has 0 spiro atoms. The Labute approximate surface area is 105 Å². The van der Waals surface area contributed by atoms with Gasteiger partial charge < -0.3 is 10.6 Å². The molecule has 1 rings (SSSR count). The number of carbonyl (C=O) groups is 1. The van der Waals surface area contributed by atoms with Crippen molar-refractivity contribution in [2.45, 2.75) is 27.7 Å². The van der Waals surface area contributed by atoms with Crippen LogP contribution in [0.5, 0.6) is 0 Å². The summed E-state index contributed by atoms with van der Waals surface area (Å²) >= 11 is 0. The van der Waals surface area contributed by atoms with E-state index in [0.717, 1.165) is 32.7 Å². The molecule has 100 valence electrons. The maximum atomic E-state index is 11.8. The molecule has 1 atom stereocenters. The van der Waals surface area contributed by atoms with Gasteiger partial charge in [-0.15, -0.1) is 0 Å². The van der Waals surface area contributed by atoms with E-state index >= 15 is 0 Å². The van der Waals surface area contributed by atoms with E-state index in [9.17, 15) is 4.79 Å². The lowest BCUT2D eigenvalue weighted by molar-refractivity contribution is -0.122. The lowest BCUT2D eigenvalue weighted by atomic mass is 9.82. The molecule has 0 aromatic carbocycles. The summed E-state index contributed by atoms with van der Waals surface area (Å²) in [7, 11) is 0. The van der Waals surface area contributed by atoms with Crippen molar-refractivity contribution in [3.63, 3.8) is 0 Å². The third kappa shape index (κ3) is 5.50. The van der Waals surface area contributed by atoms with Crippen LogP contribution in [0.4, 0.5) is 0 Å². The van der Waals surface area contributed by atoms with Crippen molar-refractivity contribution in [1.29, 1.82) is 0 Å². The molecule has 0 aromatic rings. The van der Waals surface area contributed by atoms with Gasteiger partial charge in [0.15, 0.2) is 0 Å². The van der Waals surface area contributed by atoms with Crippen LogP contribution in [0.15, 0.2) is 0 Å². The van der Waals surface area contributed by atoms with Gasteiger partial charge in [0.25, 0.3) is 0 Å². The molecule has 0 aliphatic carbocycles. The Morgan fingerprint density at radius 3 is 2.47 bits per heavy atom. The van der Waals surface area contributed by atoms with Crippen molar-refractivity contribution in [1.82, 2.24) is 15.5 Å². The molecule has 1 unspecified atom stereocenters. The second-order valence-electron chi connectivity index (χ2n) is 6.10. The summed E-state index contributed by atoms with van der Waals surface area (Å²) in [5, 5.41) is 6.32. The van der Waals surface area contributed by atoms with E-state index in [1.807, 2.05) is 0 Å². The maximum absolute atomic E-state index is 11.8. The molecular weight excluding hydrogens is 214 g/mol. The Balaban J connectivity index is 2.20. The van der Waals surface area contributed by atoms with Crippen molar-refractivity contribution in [2.75, 3.05) is 39.3 Å². The van der Waals surface area contributed by atoms with Crippen LogP contribution < -0.4 is 10.6 Å². The molecule has 0 bridgehead atoms. The lowest BCUT2D eigenvalue weighted by Gasteiger charge is -2.29. The van der Waals surface area contributed by atoms with Gasteiger partial charge >= 0.3 is 0 Å². The highest BCUT2D eigenvalue weighted by atomic mass is 16.2. The topological polar surface area (TPSA) is 44.4 Å². The summed E-state index contributed by atoms with van der Waals surface area (Å²) in [6, 6.07) is 0. The van der Waals surface area contributed by atoms with Gasteiger partial charge in [-0.25, -0.2) is 0 Å². The monoisotopic (exact) mass is 241 g/mol. The highest BCUT2D eigenvalue weighted by Gasteiger charge is 2.21. The minimum absolute atomic E-state index is 0.156. The van der Waals surface area contributed by atoms with Crippen LogP contribution in [0.25, 0.3) is 0 Å². The second-order valence-corrected chi connectivity index (χ2v) is 6.10. The minimum atomic E-state index is 0.156. The first-order valence-corrected chi connectivity index (χ1v) is 6.59. The first-order valence-electron chi connectivity index (χ1n) is 6.59. The van der Waals surface area contributed by atoms with Gasteiger partial charge in [0.05, 0.1) is 6.54 Å². The lowest BCUT2D eigenvalue weighted by Crippen LogP contribution is -2.48. The molecule has 1 saturated heterocycles. The molecular formula is C13H27N3O. The van der Waals surface area contributed by atoms with Crippen molar-refractivity contribution in [2.24, 2.45) is 11.3 Å². The molecule has 1 heterocycles. The highest BCUT2D eigenvalue weighted by molar-refractivity contribution is 5.78. The predicted octanol–water partition coefficient (Wildman–Crippen LogP) is 0.690. The number of nitrogens with one attached hydrogen (secondary N) is 2. The molecule has 1 amide bonds. The van der Waals surface area contributed by atoms with Crippen LogP contribution in [0.3, 0.4) is 0 Å². The fourth-order valence-electron chi connectivity index (χ4n) is 1.70. The summed E-state index contributed by atoms with van der Waals surface area (Å²) in [5.74, 6) is 0.650. The van der Waals surface area contributed by atoms with E-state index in [-0.39, 0.29) is 11.3 Å². The SMILES string of the molecule is CC(CNC(=O)CN1CCNCC1)C(C)(C)C. The zero-order chi connectivity index (χ0) is 12.9. The highest BCUT2D eigenvalue weighted by Crippen LogP contribution is 2.24. The average molecular weight is 241 g/mol. The van der Waals surface area contributed by atoms with Gasteiger partial charge in [-0.2, -0.15) is 0 Å². The van der Waals surface area contributed by atoms with E-state index in [0.29, 0.717) is 12.5 Å². The van der Waals surface area contributed by atoms with Gasteiger partial charge in [0, 0.05) is 32.7 Å². The fraction of sp³-hybridized carbons (Fsp3) is 0.923. The number of carbonyl (C=O) groups excluding carboxylic acids is 1. The standard InChI is InChI=1S/C13H27N3O/c1-11(13(2,3)4)9-15-12(17)10-16-7-5-14-6-8-16/h11,14H,5-10H2,1-4H3,(H,15,17). The first kappa shape index (κ1) is 14.5. The van der Waals surface area contributed by atoms with Crippen LogP contribution in [-0.4, -0.2) is 50.1 Å². The number of piperazine rings is 1. The number of hydrogen-bond donors (Lipinski definition) is 2. The minimum Gasteiger partial charge on any atom is -0.355 e. The molecule has 4 nitrogen and oxygen atoms in total. The Morgan fingerprint density at radius 2 is 1.94 bits per heavy atom. The summed E-state index contributed by atoms with van der Waals surface area (Å²) < 4.78 is 0. The van der Waals surface area contributed by atoms with Crippen LogP contribution >= 0.6 is 0 Å². The predicted molar refractivity (Wildman–Crippen MR) is 70.9 cm³/mol. The Bertz CT molecular complexity index is 242. The van der Waals surface area contributed by atoms with Crippen LogP contribution in [0.1, 0.15) is 27.7 Å². The summed E-state index contributed by atoms with van der Waals surface area (Å²) in [4.78, 5) is 14.0. The molecule has 17 heavy (non-hydrogen) atoms. The van der Waals surface area contributed by atoms with Crippen molar-refractivity contribution in [3.8, 4) is 0 Å². The summed E-state index contributed by atoms with van der Waals surface area (Å²) in [5.41, 5.74) is 0.252. The van der Waals surface area contributed by atoms with E-state index in [4.69, 9.17) is 0 Å². The average Bonchev–Trinajstić information content (AvgIpc) is 2.26. The third-order valence-corrected chi connectivity index (χ3v) is 3.66. The van der Waals surface area contributed by atoms with Gasteiger partial charge in [-0.05, 0) is 11.3 Å². The number of rotatable bonds is 4. The quantitative estimate of drug-likeness (QED) is 0.761. The van der Waals surface area contributed by atoms with Gasteiger partial charge in [-0.1, -0.05) is 27.7 Å². The summed E-state index contributed by atoms with van der Waals surface area (Å²) in [6.07, 6.45) is 0. The van der Waals surface area contributed by atoms with Gasteiger partial charge in [0.1, 0.15) is 0 Å². The van der Waals surface area contributed by atoms with Crippen molar-refractivity contribution >= 4 is 5.91 Å². The molecule has 0 aromatic heterocycles. The zero-order valence-corrected chi connectivity index (χ0v) is 11.7. The van der Waals surface area contributed by atoms with E-state index in [1.165, 1.54) is 0 Å². The molecule has 4 heteroatoms. The Kier molecular flexibility index (Phi) is 5.40. The zero-order valence-electron chi connectivity index (χ0n) is 11.7. The van der Waals surface area contributed by atoms with Gasteiger partial charge in [0.2, 0.25) is 5.91 Å². The Morgan fingerprint density at radius 1 is 1.35 bits per heavy atom. The largest absolute Gasteiger partial charge is 0.355 e. The molecule has 0 saturated carbocycles. The van der Waals surface area contributed by atoms with E-state index in [2.05, 4.69) is 43.2 Å². The van der Waals surface area contributed by atoms with Crippen molar-refractivity contribution < 1.29 is 4.79 Å². The van der Waals surface area contributed by atoms with E-state index in [1.54, 1.807) is 0 Å². The van der Waals surface area contributed by atoms with Crippen LogP contribution in [0.2, 0.25) is 0 Å². The Hall–Kier alpha value is -0.610. The third-order valence-electron chi connectivity index (χ3n) is 3.66. The molecule has 1 aliphatic rings. The summed E-state index contributed by atoms with van der Waals surface area (Å²) in [6.45, 7) is 14.1. The first-order chi connectivity index (χ1) is 7.89. The molecule has 0 radical (unpaired) electrons. The number of amides is 1. The van der Waals surface area contributed by atoms with Crippen LogP contribution in [-0.2, 0) is 4.79 Å². The van der Waals surface area contributed by atoms with Crippen molar-refractivity contribution in [3.05, 3.63) is 0 Å². The molecule has 1 aliphatic heterocycles. The second kappa shape index (κ2) is 6.36. The number of hydrogen-bond acceptors (Lipinski definition) is 3. The van der Waals surface area contributed by atoms with Crippen LogP contribution in [0, 0.1) is 11.3 Å². The van der Waals surface area contributed by atoms with E-state index < -0.39 is 0 Å². The fourth-order valence-corrected chi connectivity index (χ4v) is 1.70. The maximum Gasteiger partial charge on any atom is 0.234 e.